The highest BCUT2D eigenvalue weighted by molar-refractivity contribution is 5.76. The summed E-state index contributed by atoms with van der Waals surface area (Å²) in [5.74, 6) is 0.00557. The van der Waals surface area contributed by atoms with E-state index in [1.807, 2.05) is 0 Å². The van der Waals surface area contributed by atoms with Crippen LogP contribution in [0.4, 0.5) is 0 Å². The molecule has 0 saturated carbocycles. The molecule has 0 heterocycles. The van der Waals surface area contributed by atoms with Crippen molar-refractivity contribution in [3.8, 4) is 0 Å². The maximum atomic E-state index is 12.6. The Morgan fingerprint density at radius 1 is 0.261 bits per heavy atom. The quantitative estimate of drug-likeness (QED) is 0.0417. The molecule has 0 radical (unpaired) electrons. The van der Waals surface area contributed by atoms with Crippen LogP contribution in [0.15, 0.2) is 0 Å². The van der Waals surface area contributed by atoms with Crippen molar-refractivity contribution in [3.05, 3.63) is 0 Å². The molecule has 550 valence electrons. The van der Waals surface area contributed by atoms with Crippen LogP contribution in [0, 0.1) is 0 Å². The lowest BCUT2D eigenvalue weighted by Crippen LogP contribution is -2.45. The number of carbonyl (C=O) groups excluding carboxylic acids is 2. The summed E-state index contributed by atoms with van der Waals surface area (Å²) in [6, 6.07) is -0.537. The van der Waals surface area contributed by atoms with Crippen LogP contribution in [-0.4, -0.2) is 47.4 Å². The highest BCUT2D eigenvalue weighted by atomic mass is 16.5. The average Bonchev–Trinajstić information content (AvgIpc) is 3.61. The summed E-state index contributed by atoms with van der Waals surface area (Å²) in [5, 5.41) is 23.5. The predicted octanol–water partition coefficient (Wildman–Crippen LogP) is 28.8. The number of aliphatic hydroxyl groups excluding tert-OH is 2. The molecular formula is C86H171NO5. The van der Waals surface area contributed by atoms with Crippen molar-refractivity contribution in [1.29, 1.82) is 0 Å². The number of esters is 1. The van der Waals surface area contributed by atoms with Gasteiger partial charge >= 0.3 is 5.97 Å². The lowest BCUT2D eigenvalue weighted by molar-refractivity contribution is -0.143. The van der Waals surface area contributed by atoms with Gasteiger partial charge in [-0.25, -0.2) is 0 Å². The first-order valence-electron chi connectivity index (χ1n) is 43.3. The third kappa shape index (κ3) is 77.9. The fourth-order valence-corrected chi connectivity index (χ4v) is 14.4. The first kappa shape index (κ1) is 90.9. The highest BCUT2D eigenvalue weighted by Crippen LogP contribution is 2.21. The molecule has 0 aromatic heterocycles. The van der Waals surface area contributed by atoms with Gasteiger partial charge in [-0.15, -0.1) is 0 Å². The minimum atomic E-state index is -0.661. The maximum absolute atomic E-state index is 12.6. The van der Waals surface area contributed by atoms with Gasteiger partial charge in [0.25, 0.3) is 0 Å². The molecule has 0 aliphatic carbocycles. The van der Waals surface area contributed by atoms with Crippen molar-refractivity contribution in [1.82, 2.24) is 5.32 Å². The normalized spacial score (nSPS) is 12.3. The Morgan fingerprint density at radius 2 is 0.446 bits per heavy atom. The van der Waals surface area contributed by atoms with E-state index in [4.69, 9.17) is 4.74 Å². The lowest BCUT2D eigenvalue weighted by Gasteiger charge is -2.22. The molecule has 0 bridgehead atoms. The topological polar surface area (TPSA) is 95.9 Å². The number of hydrogen-bond acceptors (Lipinski definition) is 5. The molecular weight excluding hydrogens is 1130 g/mol. The van der Waals surface area contributed by atoms with E-state index in [1.165, 1.54) is 443 Å². The molecule has 3 N–H and O–H groups in total. The second-order valence-electron chi connectivity index (χ2n) is 30.2. The number of hydrogen-bond donors (Lipinski definition) is 3. The number of carbonyl (C=O) groups is 2. The number of ether oxygens (including phenoxy) is 1. The zero-order chi connectivity index (χ0) is 66.3. The molecule has 0 spiro atoms. The van der Waals surface area contributed by atoms with Crippen LogP contribution in [0.25, 0.3) is 0 Å². The minimum Gasteiger partial charge on any atom is -0.466 e. The molecule has 0 aliphatic heterocycles. The molecule has 6 nitrogen and oxygen atoms in total. The molecule has 0 aliphatic rings. The van der Waals surface area contributed by atoms with Gasteiger partial charge in [-0.1, -0.05) is 476 Å². The number of nitrogens with one attached hydrogen (secondary N) is 1. The third-order valence-electron chi connectivity index (χ3n) is 20.9. The van der Waals surface area contributed by atoms with E-state index < -0.39 is 12.1 Å². The number of amides is 1. The van der Waals surface area contributed by atoms with Gasteiger partial charge in [0.2, 0.25) is 5.91 Å². The van der Waals surface area contributed by atoms with Gasteiger partial charge in [-0.3, -0.25) is 9.59 Å². The fourth-order valence-electron chi connectivity index (χ4n) is 14.4. The smallest absolute Gasteiger partial charge is 0.305 e. The van der Waals surface area contributed by atoms with Crippen molar-refractivity contribution in [2.45, 2.75) is 527 Å². The molecule has 0 aromatic rings. The first-order chi connectivity index (χ1) is 45.5. The van der Waals surface area contributed by atoms with Gasteiger partial charge in [-0.05, 0) is 25.7 Å². The molecule has 0 saturated heterocycles. The summed E-state index contributed by atoms with van der Waals surface area (Å²) in [5.41, 5.74) is 0. The van der Waals surface area contributed by atoms with E-state index in [0.717, 1.165) is 38.5 Å². The van der Waals surface area contributed by atoms with Crippen molar-refractivity contribution >= 4 is 11.9 Å². The van der Waals surface area contributed by atoms with Gasteiger partial charge < -0.3 is 20.3 Å². The average molecular weight is 1300 g/mol. The van der Waals surface area contributed by atoms with Gasteiger partial charge in [-0.2, -0.15) is 0 Å². The molecule has 2 unspecified atom stereocenters. The Bertz CT molecular complexity index is 1360. The standard InChI is InChI=1S/C86H171NO5/c1-3-5-7-9-11-13-15-17-19-20-21-22-38-41-44-47-51-54-58-62-66-70-74-78-84(89)83(82-88)87-85(90)79-75-71-67-63-59-55-52-48-45-42-39-36-34-32-30-28-26-24-23-25-27-29-31-33-35-37-40-43-46-49-53-57-61-65-69-73-77-81-92-86(91)80-76-72-68-64-60-56-50-18-16-14-12-10-8-6-4-2/h83-84,88-89H,3-82H2,1-2H3,(H,87,90). The third-order valence-corrected chi connectivity index (χ3v) is 20.9. The first-order valence-corrected chi connectivity index (χ1v) is 43.3. The van der Waals surface area contributed by atoms with Gasteiger partial charge in [0.15, 0.2) is 0 Å². The molecule has 0 fully saturated rings. The van der Waals surface area contributed by atoms with E-state index in [-0.39, 0.29) is 18.5 Å². The van der Waals surface area contributed by atoms with Crippen LogP contribution in [0.2, 0.25) is 0 Å². The Hall–Kier alpha value is -1.14. The SMILES string of the molecule is CCCCCCCCCCCCCCCCCCCCCCCCCC(O)C(CO)NC(=O)CCCCCCCCCCCCCCCCCCCCCCCCCCCCCCCCCCCCCCCOC(=O)CCCCCCCCCCCCCCCCC. The molecule has 6 heteroatoms. The molecule has 0 rings (SSSR count). The summed E-state index contributed by atoms with van der Waals surface area (Å²) >= 11 is 0. The summed E-state index contributed by atoms with van der Waals surface area (Å²) in [4.78, 5) is 24.7. The summed E-state index contributed by atoms with van der Waals surface area (Å²) < 4.78 is 5.51. The second-order valence-corrected chi connectivity index (χ2v) is 30.2. The van der Waals surface area contributed by atoms with E-state index in [0.29, 0.717) is 25.9 Å². The van der Waals surface area contributed by atoms with Crippen molar-refractivity contribution < 1.29 is 24.5 Å². The Labute approximate surface area is 578 Å². The minimum absolute atomic E-state index is 0.0224. The molecule has 0 aromatic carbocycles. The van der Waals surface area contributed by atoms with Crippen LogP contribution in [-0.2, 0) is 14.3 Å². The Balaban J connectivity index is 3.29. The van der Waals surface area contributed by atoms with Crippen LogP contribution < -0.4 is 5.32 Å². The van der Waals surface area contributed by atoms with Crippen molar-refractivity contribution in [3.63, 3.8) is 0 Å². The Morgan fingerprint density at radius 3 is 0.663 bits per heavy atom. The zero-order valence-corrected chi connectivity index (χ0v) is 63.3. The summed E-state index contributed by atoms with van der Waals surface area (Å²) in [7, 11) is 0. The number of unbranched alkanes of at least 4 members (excludes halogenated alkanes) is 72. The van der Waals surface area contributed by atoms with Crippen LogP contribution in [0.3, 0.4) is 0 Å². The van der Waals surface area contributed by atoms with Crippen molar-refractivity contribution in [2.75, 3.05) is 13.2 Å². The number of aliphatic hydroxyl groups is 2. The fraction of sp³-hybridized carbons (Fsp3) is 0.977. The predicted molar refractivity (Wildman–Crippen MR) is 407 cm³/mol. The van der Waals surface area contributed by atoms with Gasteiger partial charge in [0.1, 0.15) is 0 Å². The largest absolute Gasteiger partial charge is 0.466 e. The maximum Gasteiger partial charge on any atom is 0.305 e. The van der Waals surface area contributed by atoms with E-state index in [1.54, 1.807) is 0 Å². The van der Waals surface area contributed by atoms with Gasteiger partial charge in [0.05, 0.1) is 25.4 Å². The highest BCUT2D eigenvalue weighted by Gasteiger charge is 2.20. The van der Waals surface area contributed by atoms with E-state index >= 15 is 0 Å². The second kappa shape index (κ2) is 82.3. The zero-order valence-electron chi connectivity index (χ0n) is 63.3. The molecule has 92 heavy (non-hydrogen) atoms. The lowest BCUT2D eigenvalue weighted by atomic mass is 10.0. The monoisotopic (exact) mass is 1300 g/mol. The molecule has 1 amide bonds. The van der Waals surface area contributed by atoms with E-state index in [9.17, 15) is 19.8 Å². The van der Waals surface area contributed by atoms with Crippen LogP contribution in [0.5, 0.6) is 0 Å². The van der Waals surface area contributed by atoms with Gasteiger partial charge in [0, 0.05) is 12.8 Å². The summed E-state index contributed by atoms with van der Waals surface area (Å²) in [6.07, 6.45) is 104. The van der Waals surface area contributed by atoms with E-state index in [2.05, 4.69) is 19.2 Å². The van der Waals surface area contributed by atoms with Crippen LogP contribution in [0.1, 0.15) is 515 Å². The number of rotatable bonds is 83. The molecule has 2 atom stereocenters. The Kier molecular flexibility index (Phi) is 81.3. The summed E-state index contributed by atoms with van der Waals surface area (Å²) in [6.45, 7) is 5.03. The van der Waals surface area contributed by atoms with Crippen molar-refractivity contribution in [2.24, 2.45) is 0 Å². The van der Waals surface area contributed by atoms with Crippen LogP contribution >= 0.6 is 0 Å².